The molecule has 120 valence electrons. The number of nitrogens with zero attached hydrogens (tertiary/aromatic N) is 4. The second-order valence-corrected chi connectivity index (χ2v) is 6.44. The summed E-state index contributed by atoms with van der Waals surface area (Å²) in [5.41, 5.74) is 1.42. The number of carbonyl (C=O) groups is 2. The molecule has 2 heterocycles. The number of benzene rings is 1. The molecular weight excluding hydrogens is 312 g/mol. The van der Waals surface area contributed by atoms with Crippen molar-refractivity contribution in [3.63, 3.8) is 0 Å². The number of hydrogen-bond donors (Lipinski definition) is 0. The Kier molecular flexibility index (Phi) is 4.47. The number of Topliss-reactive ketones (excluding diaryl/α,β-unsaturated/α-hetero) is 1. The summed E-state index contributed by atoms with van der Waals surface area (Å²) < 4.78 is 1.86. The Morgan fingerprint density at radius 2 is 2.17 bits per heavy atom. The normalized spacial score (nSPS) is 14.5. The van der Waals surface area contributed by atoms with E-state index in [1.165, 1.54) is 11.8 Å². The zero-order chi connectivity index (χ0) is 16.4. The molecule has 1 aliphatic heterocycles. The van der Waals surface area contributed by atoms with Gasteiger partial charge in [-0.2, -0.15) is 0 Å². The highest BCUT2D eigenvalue weighted by Crippen LogP contribution is 2.23. The molecule has 1 aliphatic rings. The van der Waals surface area contributed by atoms with Gasteiger partial charge >= 0.3 is 0 Å². The van der Waals surface area contributed by atoms with Gasteiger partial charge in [0, 0.05) is 31.3 Å². The van der Waals surface area contributed by atoms with E-state index < -0.39 is 0 Å². The number of anilines is 1. The van der Waals surface area contributed by atoms with Gasteiger partial charge in [0.15, 0.2) is 10.9 Å². The van der Waals surface area contributed by atoms with Gasteiger partial charge < -0.3 is 9.47 Å². The van der Waals surface area contributed by atoms with Crippen molar-refractivity contribution in [1.29, 1.82) is 0 Å². The summed E-state index contributed by atoms with van der Waals surface area (Å²) in [6.45, 7) is 2.60. The zero-order valence-electron chi connectivity index (χ0n) is 13.2. The Morgan fingerprint density at radius 1 is 1.35 bits per heavy atom. The van der Waals surface area contributed by atoms with Crippen molar-refractivity contribution in [2.45, 2.75) is 24.9 Å². The number of thioether (sulfide) groups is 1. The maximum absolute atomic E-state index is 12.4. The smallest absolute Gasteiger partial charge is 0.227 e. The second kappa shape index (κ2) is 6.54. The van der Waals surface area contributed by atoms with Gasteiger partial charge in [-0.05, 0) is 25.5 Å². The quantitative estimate of drug-likeness (QED) is 0.621. The van der Waals surface area contributed by atoms with Crippen LogP contribution in [0.1, 0.15) is 29.0 Å². The summed E-state index contributed by atoms with van der Waals surface area (Å²) in [5.74, 6) is 1.25. The lowest BCUT2D eigenvalue weighted by molar-refractivity contribution is -0.117. The highest BCUT2D eigenvalue weighted by Gasteiger charge is 2.22. The Labute approximate surface area is 138 Å². The van der Waals surface area contributed by atoms with Crippen molar-refractivity contribution in [1.82, 2.24) is 14.8 Å². The molecule has 0 radical (unpaired) electrons. The van der Waals surface area contributed by atoms with E-state index >= 15 is 0 Å². The fourth-order valence-electron chi connectivity index (χ4n) is 2.50. The number of aromatic nitrogens is 3. The van der Waals surface area contributed by atoms with Gasteiger partial charge in [-0.3, -0.25) is 9.59 Å². The van der Waals surface area contributed by atoms with E-state index in [9.17, 15) is 9.59 Å². The van der Waals surface area contributed by atoms with E-state index in [2.05, 4.69) is 10.2 Å². The molecule has 1 saturated heterocycles. The lowest BCUT2D eigenvalue weighted by atomic mass is 10.1. The average molecular weight is 330 g/mol. The van der Waals surface area contributed by atoms with Gasteiger partial charge in [0.2, 0.25) is 5.91 Å². The third-order valence-electron chi connectivity index (χ3n) is 3.94. The summed E-state index contributed by atoms with van der Waals surface area (Å²) >= 11 is 1.37. The molecule has 0 aliphatic carbocycles. The SMILES string of the molecule is Cc1nnc(SCC(=O)c2cccc(N3CCCC3=O)c2)n1C. The van der Waals surface area contributed by atoms with Gasteiger partial charge in [0.1, 0.15) is 5.82 Å². The van der Waals surface area contributed by atoms with Crippen LogP contribution in [0, 0.1) is 6.92 Å². The van der Waals surface area contributed by atoms with Crippen molar-refractivity contribution in [2.24, 2.45) is 7.05 Å². The molecule has 3 rings (SSSR count). The number of hydrogen-bond acceptors (Lipinski definition) is 5. The average Bonchev–Trinajstić information content (AvgIpc) is 3.12. The highest BCUT2D eigenvalue weighted by atomic mass is 32.2. The molecule has 0 unspecified atom stereocenters. The minimum absolute atomic E-state index is 0.0177. The zero-order valence-corrected chi connectivity index (χ0v) is 14.0. The van der Waals surface area contributed by atoms with Crippen LogP contribution in [0.15, 0.2) is 29.4 Å². The molecule has 6 nitrogen and oxygen atoms in total. The molecule has 0 saturated carbocycles. The number of carbonyl (C=O) groups excluding carboxylic acids is 2. The van der Waals surface area contributed by atoms with Crippen LogP contribution in [0.5, 0.6) is 0 Å². The molecule has 1 aromatic carbocycles. The third kappa shape index (κ3) is 3.29. The van der Waals surface area contributed by atoms with Gasteiger partial charge in [0.05, 0.1) is 5.75 Å². The largest absolute Gasteiger partial charge is 0.312 e. The van der Waals surface area contributed by atoms with Crippen LogP contribution in [-0.4, -0.2) is 38.8 Å². The molecule has 7 heteroatoms. The summed E-state index contributed by atoms with van der Waals surface area (Å²) in [4.78, 5) is 26.0. The topological polar surface area (TPSA) is 68.1 Å². The van der Waals surface area contributed by atoms with E-state index in [4.69, 9.17) is 0 Å². The van der Waals surface area contributed by atoms with Gasteiger partial charge in [-0.15, -0.1) is 10.2 Å². The van der Waals surface area contributed by atoms with Crippen molar-refractivity contribution in [3.8, 4) is 0 Å². The fraction of sp³-hybridized carbons (Fsp3) is 0.375. The van der Waals surface area contributed by atoms with Gasteiger partial charge in [-0.25, -0.2) is 0 Å². The standard InChI is InChI=1S/C16H18N4O2S/c1-11-17-18-16(19(11)2)23-10-14(21)12-5-3-6-13(9-12)20-8-4-7-15(20)22/h3,5-6,9H,4,7-8,10H2,1-2H3. The molecule has 2 aromatic rings. The first-order valence-corrected chi connectivity index (χ1v) is 8.47. The highest BCUT2D eigenvalue weighted by molar-refractivity contribution is 7.99. The summed E-state index contributed by atoms with van der Waals surface area (Å²) in [6, 6.07) is 7.29. The predicted octanol–water partition coefficient (Wildman–Crippen LogP) is 2.23. The van der Waals surface area contributed by atoms with Crippen molar-refractivity contribution < 1.29 is 9.59 Å². The van der Waals surface area contributed by atoms with Crippen LogP contribution in [0.2, 0.25) is 0 Å². The van der Waals surface area contributed by atoms with E-state index in [1.54, 1.807) is 17.0 Å². The molecule has 23 heavy (non-hydrogen) atoms. The lowest BCUT2D eigenvalue weighted by Gasteiger charge is -2.16. The minimum atomic E-state index is 0.0177. The second-order valence-electron chi connectivity index (χ2n) is 5.50. The Balaban J connectivity index is 1.70. The first kappa shape index (κ1) is 15.7. The molecule has 1 amide bonds. The number of aryl methyl sites for hydroxylation is 1. The van der Waals surface area contributed by atoms with Crippen LogP contribution in [0.4, 0.5) is 5.69 Å². The molecule has 0 atom stereocenters. The summed E-state index contributed by atoms with van der Waals surface area (Å²) in [5, 5.41) is 8.74. The predicted molar refractivity (Wildman–Crippen MR) is 88.8 cm³/mol. The Morgan fingerprint density at radius 3 is 2.83 bits per heavy atom. The lowest BCUT2D eigenvalue weighted by Crippen LogP contribution is -2.23. The molecule has 0 bridgehead atoms. The van der Waals surface area contributed by atoms with Crippen LogP contribution in [-0.2, 0) is 11.8 Å². The van der Waals surface area contributed by atoms with Crippen molar-refractivity contribution in [2.75, 3.05) is 17.2 Å². The fourth-order valence-corrected chi connectivity index (χ4v) is 3.35. The number of ketones is 1. The van der Waals surface area contributed by atoms with E-state index in [0.29, 0.717) is 17.7 Å². The molecule has 0 spiro atoms. The van der Waals surface area contributed by atoms with Gasteiger partial charge in [-0.1, -0.05) is 23.9 Å². The van der Waals surface area contributed by atoms with E-state index in [0.717, 1.165) is 29.6 Å². The van der Waals surface area contributed by atoms with E-state index in [1.807, 2.05) is 30.7 Å². The van der Waals surface area contributed by atoms with Crippen LogP contribution in [0.25, 0.3) is 0 Å². The molecule has 1 aromatic heterocycles. The summed E-state index contributed by atoms with van der Waals surface area (Å²) in [7, 11) is 1.88. The maximum atomic E-state index is 12.4. The van der Waals surface area contributed by atoms with Crippen LogP contribution >= 0.6 is 11.8 Å². The first-order valence-electron chi connectivity index (χ1n) is 7.48. The Bertz CT molecular complexity index is 756. The Hall–Kier alpha value is -2.15. The van der Waals surface area contributed by atoms with Crippen molar-refractivity contribution in [3.05, 3.63) is 35.7 Å². The van der Waals surface area contributed by atoms with Crippen molar-refractivity contribution >= 4 is 29.1 Å². The first-order chi connectivity index (χ1) is 11.1. The van der Waals surface area contributed by atoms with Crippen LogP contribution < -0.4 is 4.90 Å². The van der Waals surface area contributed by atoms with Gasteiger partial charge in [0.25, 0.3) is 0 Å². The number of rotatable bonds is 5. The third-order valence-corrected chi connectivity index (χ3v) is 4.96. The summed E-state index contributed by atoms with van der Waals surface area (Å²) in [6.07, 6.45) is 1.46. The van der Waals surface area contributed by atoms with E-state index in [-0.39, 0.29) is 11.7 Å². The molecule has 1 fully saturated rings. The monoisotopic (exact) mass is 330 g/mol. The maximum Gasteiger partial charge on any atom is 0.227 e. The molecular formula is C16H18N4O2S. The molecule has 0 N–H and O–H groups in total. The number of amides is 1. The minimum Gasteiger partial charge on any atom is -0.312 e. The van der Waals surface area contributed by atoms with Crippen LogP contribution in [0.3, 0.4) is 0 Å².